The summed E-state index contributed by atoms with van der Waals surface area (Å²) in [5.74, 6) is 2.45. The van der Waals surface area contributed by atoms with Crippen molar-refractivity contribution in [1.82, 2.24) is 14.9 Å². The van der Waals surface area contributed by atoms with Gasteiger partial charge in [0, 0.05) is 31.6 Å². The van der Waals surface area contributed by atoms with Crippen molar-refractivity contribution in [2.45, 2.75) is 38.8 Å². The molecule has 3 aromatic rings. The van der Waals surface area contributed by atoms with Gasteiger partial charge in [0.25, 0.3) is 5.56 Å². The molecule has 0 aliphatic carbocycles. The summed E-state index contributed by atoms with van der Waals surface area (Å²) in [4.78, 5) is 27.2. The zero-order valence-corrected chi connectivity index (χ0v) is 16.4. The third-order valence-electron chi connectivity index (χ3n) is 5.64. The van der Waals surface area contributed by atoms with Gasteiger partial charge in [-0.3, -0.25) is 14.7 Å². The van der Waals surface area contributed by atoms with Gasteiger partial charge in [-0.1, -0.05) is 30.3 Å². The Hall–Kier alpha value is -2.99. The maximum absolute atomic E-state index is 12.7. The van der Waals surface area contributed by atoms with Crippen LogP contribution in [0.3, 0.4) is 0 Å². The second-order valence-corrected chi connectivity index (χ2v) is 7.72. The Labute approximate surface area is 169 Å². The molecule has 2 aliphatic rings. The number of aromatic nitrogens is 2. The lowest BCUT2D eigenvalue weighted by molar-refractivity contribution is 0.223. The standard InChI is InChI=1S/C23H24N4O2/c28-23-18-15-27(14-17-9-10-21(29-17)16-6-2-1-3-7-16)13-11-19(18)25-22(26-23)20-8-4-5-12-24-20/h1-3,6-7,9-10H,4-5,8,11-15H2,(H,25,26,28). The van der Waals surface area contributed by atoms with Gasteiger partial charge in [-0.15, -0.1) is 0 Å². The van der Waals surface area contributed by atoms with E-state index in [9.17, 15) is 4.79 Å². The van der Waals surface area contributed by atoms with E-state index in [0.717, 1.165) is 72.8 Å². The fourth-order valence-corrected chi connectivity index (χ4v) is 4.08. The van der Waals surface area contributed by atoms with E-state index in [0.29, 0.717) is 18.9 Å². The van der Waals surface area contributed by atoms with Crippen molar-refractivity contribution in [2.75, 3.05) is 13.1 Å². The summed E-state index contributed by atoms with van der Waals surface area (Å²) < 4.78 is 6.03. The number of aliphatic imine (C=N–C) groups is 1. The first kappa shape index (κ1) is 18.1. The summed E-state index contributed by atoms with van der Waals surface area (Å²) in [5, 5.41) is 0. The van der Waals surface area contributed by atoms with Crippen LogP contribution in [0.1, 0.15) is 42.1 Å². The molecule has 0 radical (unpaired) electrons. The van der Waals surface area contributed by atoms with E-state index in [1.54, 1.807) is 0 Å². The number of nitrogens with one attached hydrogen (secondary N) is 1. The zero-order valence-electron chi connectivity index (χ0n) is 16.4. The molecule has 29 heavy (non-hydrogen) atoms. The van der Waals surface area contributed by atoms with Gasteiger partial charge in [0.2, 0.25) is 0 Å². The van der Waals surface area contributed by atoms with Crippen LogP contribution in [0, 0.1) is 0 Å². The first-order valence-electron chi connectivity index (χ1n) is 10.3. The van der Waals surface area contributed by atoms with Gasteiger partial charge in [0.1, 0.15) is 11.5 Å². The molecule has 0 fully saturated rings. The summed E-state index contributed by atoms with van der Waals surface area (Å²) in [5.41, 5.74) is 3.67. The second kappa shape index (κ2) is 7.79. The number of nitrogens with zero attached hydrogens (tertiary/aromatic N) is 3. The van der Waals surface area contributed by atoms with Gasteiger partial charge < -0.3 is 9.40 Å². The fraction of sp³-hybridized carbons (Fsp3) is 0.348. The van der Waals surface area contributed by atoms with Crippen LogP contribution < -0.4 is 5.56 Å². The largest absolute Gasteiger partial charge is 0.460 e. The van der Waals surface area contributed by atoms with Crippen molar-refractivity contribution in [3.05, 3.63) is 75.7 Å². The van der Waals surface area contributed by atoms with E-state index >= 15 is 0 Å². The molecule has 4 heterocycles. The van der Waals surface area contributed by atoms with Crippen molar-refractivity contribution in [2.24, 2.45) is 4.99 Å². The van der Waals surface area contributed by atoms with Gasteiger partial charge >= 0.3 is 0 Å². The van der Waals surface area contributed by atoms with Crippen LogP contribution in [-0.2, 0) is 19.5 Å². The number of benzene rings is 1. The van der Waals surface area contributed by atoms with E-state index in [-0.39, 0.29) is 5.56 Å². The minimum atomic E-state index is -0.0348. The topological polar surface area (TPSA) is 74.5 Å². The molecule has 6 heteroatoms. The number of furan rings is 1. The van der Waals surface area contributed by atoms with Crippen LogP contribution in [0.25, 0.3) is 11.3 Å². The highest BCUT2D eigenvalue weighted by Crippen LogP contribution is 2.24. The Morgan fingerprint density at radius 1 is 1.07 bits per heavy atom. The van der Waals surface area contributed by atoms with Crippen molar-refractivity contribution in [3.63, 3.8) is 0 Å². The molecule has 0 spiro atoms. The maximum atomic E-state index is 12.7. The molecule has 2 aromatic heterocycles. The Morgan fingerprint density at radius 3 is 2.79 bits per heavy atom. The van der Waals surface area contributed by atoms with E-state index in [2.05, 4.69) is 14.9 Å². The van der Waals surface area contributed by atoms with E-state index in [4.69, 9.17) is 9.40 Å². The fourth-order valence-electron chi connectivity index (χ4n) is 4.08. The van der Waals surface area contributed by atoms with Crippen molar-refractivity contribution in [3.8, 4) is 11.3 Å². The maximum Gasteiger partial charge on any atom is 0.255 e. The van der Waals surface area contributed by atoms with Crippen LogP contribution in [0.2, 0.25) is 0 Å². The zero-order chi connectivity index (χ0) is 19.6. The summed E-state index contributed by atoms with van der Waals surface area (Å²) >= 11 is 0. The molecule has 1 N–H and O–H groups in total. The van der Waals surface area contributed by atoms with E-state index in [1.165, 1.54) is 0 Å². The predicted molar refractivity (Wildman–Crippen MR) is 112 cm³/mol. The molecule has 0 saturated heterocycles. The Morgan fingerprint density at radius 2 is 1.97 bits per heavy atom. The number of hydrogen-bond acceptors (Lipinski definition) is 5. The summed E-state index contributed by atoms with van der Waals surface area (Å²) in [6.07, 6.45) is 3.90. The molecular formula is C23H24N4O2. The summed E-state index contributed by atoms with van der Waals surface area (Å²) in [7, 11) is 0. The normalized spacial score (nSPS) is 17.0. The Kier molecular flexibility index (Phi) is 4.86. The number of fused-ring (bicyclic) bond motifs is 1. The first-order chi connectivity index (χ1) is 14.3. The molecule has 1 aromatic carbocycles. The molecule has 0 bridgehead atoms. The Bertz CT molecular complexity index is 1100. The van der Waals surface area contributed by atoms with E-state index < -0.39 is 0 Å². The molecule has 148 valence electrons. The molecular weight excluding hydrogens is 364 g/mol. The number of aromatic amines is 1. The third kappa shape index (κ3) is 3.80. The van der Waals surface area contributed by atoms with Gasteiger partial charge in [-0.25, -0.2) is 4.98 Å². The lowest BCUT2D eigenvalue weighted by Crippen LogP contribution is -2.36. The SMILES string of the molecule is O=c1[nH]c(C2=NCCCC2)nc2c1CN(Cc1ccc(-c3ccccc3)o1)CC2. The summed E-state index contributed by atoms with van der Waals surface area (Å²) in [6.45, 7) is 2.96. The molecule has 0 unspecified atom stereocenters. The van der Waals surface area contributed by atoms with Crippen molar-refractivity contribution in [1.29, 1.82) is 0 Å². The molecule has 2 aliphatic heterocycles. The van der Waals surface area contributed by atoms with Crippen LogP contribution in [0.4, 0.5) is 0 Å². The number of hydrogen-bond donors (Lipinski definition) is 1. The lowest BCUT2D eigenvalue weighted by atomic mass is 10.1. The lowest BCUT2D eigenvalue weighted by Gasteiger charge is -2.27. The minimum absolute atomic E-state index is 0.0348. The minimum Gasteiger partial charge on any atom is -0.460 e. The highest BCUT2D eigenvalue weighted by atomic mass is 16.3. The van der Waals surface area contributed by atoms with Crippen LogP contribution >= 0.6 is 0 Å². The number of rotatable bonds is 4. The molecule has 0 saturated carbocycles. The van der Waals surface area contributed by atoms with E-state index in [1.807, 2.05) is 42.5 Å². The first-order valence-corrected chi connectivity index (χ1v) is 10.3. The average Bonchev–Trinajstić information content (AvgIpc) is 3.24. The van der Waals surface area contributed by atoms with Gasteiger partial charge in [-0.05, 0) is 31.4 Å². The van der Waals surface area contributed by atoms with Crippen LogP contribution in [0.5, 0.6) is 0 Å². The Balaban J connectivity index is 1.32. The predicted octanol–water partition coefficient (Wildman–Crippen LogP) is 3.56. The highest BCUT2D eigenvalue weighted by Gasteiger charge is 2.23. The van der Waals surface area contributed by atoms with Crippen LogP contribution in [-0.4, -0.2) is 33.7 Å². The molecule has 0 atom stereocenters. The summed E-state index contributed by atoms with van der Waals surface area (Å²) in [6, 6.07) is 14.1. The van der Waals surface area contributed by atoms with Crippen molar-refractivity contribution >= 4 is 5.71 Å². The number of H-pyrrole nitrogens is 1. The smallest absolute Gasteiger partial charge is 0.255 e. The van der Waals surface area contributed by atoms with Crippen molar-refractivity contribution < 1.29 is 4.42 Å². The third-order valence-corrected chi connectivity index (χ3v) is 5.64. The highest BCUT2D eigenvalue weighted by molar-refractivity contribution is 5.97. The monoisotopic (exact) mass is 388 g/mol. The molecule has 5 rings (SSSR count). The molecule has 6 nitrogen and oxygen atoms in total. The van der Waals surface area contributed by atoms with Gasteiger partial charge in [0.15, 0.2) is 5.82 Å². The van der Waals surface area contributed by atoms with Gasteiger partial charge in [-0.2, -0.15) is 0 Å². The van der Waals surface area contributed by atoms with Gasteiger partial charge in [0.05, 0.1) is 23.5 Å². The molecule has 0 amide bonds. The second-order valence-electron chi connectivity index (χ2n) is 7.72. The quantitative estimate of drug-likeness (QED) is 0.742. The van der Waals surface area contributed by atoms with Crippen LogP contribution in [0.15, 0.2) is 56.7 Å². The average molecular weight is 388 g/mol.